The van der Waals surface area contributed by atoms with Crippen molar-refractivity contribution in [2.24, 2.45) is 0 Å². The number of rotatable bonds is 5. The minimum atomic E-state index is 0.0681. The summed E-state index contributed by atoms with van der Waals surface area (Å²) in [6, 6.07) is 13.5. The molecule has 3 nitrogen and oxygen atoms in total. The summed E-state index contributed by atoms with van der Waals surface area (Å²) < 4.78 is 10.7. The second kappa shape index (κ2) is 6.53. The van der Waals surface area contributed by atoms with Crippen LogP contribution in [-0.2, 0) is 0 Å². The van der Waals surface area contributed by atoms with E-state index in [-0.39, 0.29) is 6.04 Å². The van der Waals surface area contributed by atoms with Crippen LogP contribution in [0.2, 0.25) is 5.02 Å². The molecule has 1 unspecified atom stereocenters. The van der Waals surface area contributed by atoms with Gasteiger partial charge < -0.3 is 14.8 Å². The lowest BCUT2D eigenvalue weighted by molar-refractivity contribution is 0.397. The van der Waals surface area contributed by atoms with Gasteiger partial charge in [0, 0.05) is 16.3 Å². The van der Waals surface area contributed by atoms with Gasteiger partial charge in [0.05, 0.1) is 20.3 Å². The summed E-state index contributed by atoms with van der Waals surface area (Å²) in [6.07, 6.45) is 0. The van der Waals surface area contributed by atoms with Crippen molar-refractivity contribution in [3.8, 4) is 11.5 Å². The highest BCUT2D eigenvalue weighted by atomic mass is 35.5. The number of halogens is 1. The van der Waals surface area contributed by atoms with Gasteiger partial charge in [-0.25, -0.2) is 0 Å². The Labute approximate surface area is 124 Å². The zero-order chi connectivity index (χ0) is 14.5. The number of benzene rings is 2. The molecule has 20 heavy (non-hydrogen) atoms. The first-order valence-corrected chi connectivity index (χ1v) is 6.76. The van der Waals surface area contributed by atoms with E-state index in [0.29, 0.717) is 5.02 Å². The molecule has 106 valence electrons. The fraction of sp³-hybridized carbons (Fsp3) is 0.250. The SMILES string of the molecule is COc1ccc(OC)c(C(C)Nc2cccc(Cl)c2)c1. The van der Waals surface area contributed by atoms with Crippen LogP contribution in [-0.4, -0.2) is 14.2 Å². The van der Waals surface area contributed by atoms with Gasteiger partial charge in [-0.15, -0.1) is 0 Å². The van der Waals surface area contributed by atoms with E-state index in [1.54, 1.807) is 14.2 Å². The van der Waals surface area contributed by atoms with Gasteiger partial charge in [0.2, 0.25) is 0 Å². The molecule has 0 aliphatic carbocycles. The normalized spacial score (nSPS) is 11.8. The Kier molecular flexibility index (Phi) is 4.74. The van der Waals surface area contributed by atoms with Gasteiger partial charge in [0.1, 0.15) is 11.5 Å². The molecule has 2 aromatic rings. The Morgan fingerprint density at radius 3 is 2.50 bits per heavy atom. The summed E-state index contributed by atoms with van der Waals surface area (Å²) in [5.41, 5.74) is 2.00. The molecule has 2 rings (SSSR count). The van der Waals surface area contributed by atoms with Crippen molar-refractivity contribution in [1.82, 2.24) is 0 Å². The zero-order valence-corrected chi connectivity index (χ0v) is 12.6. The highest BCUT2D eigenvalue weighted by Crippen LogP contribution is 2.31. The predicted molar refractivity (Wildman–Crippen MR) is 83.0 cm³/mol. The van der Waals surface area contributed by atoms with E-state index in [1.807, 2.05) is 42.5 Å². The van der Waals surface area contributed by atoms with E-state index in [0.717, 1.165) is 22.7 Å². The molecule has 0 saturated heterocycles. The van der Waals surface area contributed by atoms with E-state index in [9.17, 15) is 0 Å². The van der Waals surface area contributed by atoms with Crippen LogP contribution < -0.4 is 14.8 Å². The van der Waals surface area contributed by atoms with E-state index in [1.165, 1.54) is 0 Å². The third-order valence-corrected chi connectivity index (χ3v) is 3.35. The van der Waals surface area contributed by atoms with Crippen LogP contribution in [0.25, 0.3) is 0 Å². The van der Waals surface area contributed by atoms with Gasteiger partial charge in [0.25, 0.3) is 0 Å². The average Bonchev–Trinajstić information content (AvgIpc) is 2.46. The van der Waals surface area contributed by atoms with Crippen LogP contribution in [0.5, 0.6) is 11.5 Å². The maximum Gasteiger partial charge on any atom is 0.124 e. The predicted octanol–water partition coefficient (Wildman–Crippen LogP) is 4.53. The van der Waals surface area contributed by atoms with Crippen molar-refractivity contribution < 1.29 is 9.47 Å². The quantitative estimate of drug-likeness (QED) is 0.878. The standard InChI is InChI=1S/C16H18ClNO2/c1-11(18-13-6-4-5-12(17)9-13)15-10-14(19-2)7-8-16(15)20-3/h4-11,18H,1-3H3. The molecule has 0 aliphatic rings. The molecular weight excluding hydrogens is 274 g/mol. The van der Waals surface area contributed by atoms with Gasteiger partial charge in [-0.2, -0.15) is 0 Å². The summed E-state index contributed by atoms with van der Waals surface area (Å²) in [7, 11) is 3.32. The maximum absolute atomic E-state index is 6.00. The van der Waals surface area contributed by atoms with Crippen LogP contribution in [0.3, 0.4) is 0 Å². The van der Waals surface area contributed by atoms with Gasteiger partial charge in [-0.05, 0) is 43.3 Å². The fourth-order valence-corrected chi connectivity index (χ4v) is 2.27. The van der Waals surface area contributed by atoms with Gasteiger partial charge in [0.15, 0.2) is 0 Å². The summed E-state index contributed by atoms with van der Waals surface area (Å²) in [4.78, 5) is 0. The molecule has 0 spiro atoms. The Morgan fingerprint density at radius 1 is 1.05 bits per heavy atom. The van der Waals surface area contributed by atoms with E-state index in [4.69, 9.17) is 21.1 Å². The lowest BCUT2D eigenvalue weighted by atomic mass is 10.1. The molecule has 0 amide bonds. The van der Waals surface area contributed by atoms with Gasteiger partial charge in [-0.1, -0.05) is 17.7 Å². The van der Waals surface area contributed by atoms with Crippen molar-refractivity contribution in [2.45, 2.75) is 13.0 Å². The summed E-state index contributed by atoms with van der Waals surface area (Å²) in [5.74, 6) is 1.63. The minimum absolute atomic E-state index is 0.0681. The number of ether oxygens (including phenoxy) is 2. The van der Waals surface area contributed by atoms with Crippen LogP contribution >= 0.6 is 11.6 Å². The summed E-state index contributed by atoms with van der Waals surface area (Å²) in [6.45, 7) is 2.07. The molecular formula is C16H18ClNO2. The van der Waals surface area contributed by atoms with Crippen LogP contribution in [0, 0.1) is 0 Å². The van der Waals surface area contributed by atoms with Gasteiger partial charge in [-0.3, -0.25) is 0 Å². The van der Waals surface area contributed by atoms with E-state index >= 15 is 0 Å². The number of hydrogen-bond donors (Lipinski definition) is 1. The molecule has 1 atom stereocenters. The van der Waals surface area contributed by atoms with Crippen molar-refractivity contribution in [3.63, 3.8) is 0 Å². The molecule has 0 aromatic heterocycles. The topological polar surface area (TPSA) is 30.5 Å². The number of anilines is 1. The molecule has 2 aromatic carbocycles. The molecule has 4 heteroatoms. The van der Waals surface area contributed by atoms with Crippen molar-refractivity contribution >= 4 is 17.3 Å². The molecule has 0 bridgehead atoms. The monoisotopic (exact) mass is 291 g/mol. The van der Waals surface area contributed by atoms with Crippen molar-refractivity contribution in [3.05, 3.63) is 53.1 Å². The molecule has 0 fully saturated rings. The second-order valence-electron chi connectivity index (χ2n) is 4.48. The highest BCUT2D eigenvalue weighted by molar-refractivity contribution is 6.30. The Hall–Kier alpha value is -1.87. The van der Waals surface area contributed by atoms with Crippen LogP contribution in [0.15, 0.2) is 42.5 Å². The van der Waals surface area contributed by atoms with Crippen molar-refractivity contribution in [1.29, 1.82) is 0 Å². The molecule has 0 radical (unpaired) electrons. The number of hydrogen-bond acceptors (Lipinski definition) is 3. The second-order valence-corrected chi connectivity index (χ2v) is 4.92. The first-order chi connectivity index (χ1) is 9.63. The smallest absolute Gasteiger partial charge is 0.124 e. The minimum Gasteiger partial charge on any atom is -0.497 e. The molecule has 0 heterocycles. The average molecular weight is 292 g/mol. The highest BCUT2D eigenvalue weighted by Gasteiger charge is 2.12. The van der Waals surface area contributed by atoms with Crippen LogP contribution in [0.4, 0.5) is 5.69 Å². The molecule has 1 N–H and O–H groups in total. The molecule has 0 aliphatic heterocycles. The third kappa shape index (κ3) is 3.36. The lowest BCUT2D eigenvalue weighted by Crippen LogP contribution is -2.08. The summed E-state index contributed by atoms with van der Waals surface area (Å²) >= 11 is 6.00. The Balaban J connectivity index is 2.25. The maximum atomic E-state index is 6.00. The third-order valence-electron chi connectivity index (χ3n) is 3.11. The van der Waals surface area contributed by atoms with Crippen molar-refractivity contribution in [2.75, 3.05) is 19.5 Å². The van der Waals surface area contributed by atoms with Crippen LogP contribution in [0.1, 0.15) is 18.5 Å². The van der Waals surface area contributed by atoms with E-state index < -0.39 is 0 Å². The Bertz CT molecular complexity index is 586. The molecule has 0 saturated carbocycles. The first kappa shape index (κ1) is 14.5. The Morgan fingerprint density at radius 2 is 1.85 bits per heavy atom. The first-order valence-electron chi connectivity index (χ1n) is 6.38. The summed E-state index contributed by atoms with van der Waals surface area (Å²) in [5, 5.41) is 4.11. The number of methoxy groups -OCH3 is 2. The number of nitrogens with one attached hydrogen (secondary N) is 1. The largest absolute Gasteiger partial charge is 0.497 e. The zero-order valence-electron chi connectivity index (χ0n) is 11.8. The van der Waals surface area contributed by atoms with Gasteiger partial charge >= 0.3 is 0 Å². The lowest BCUT2D eigenvalue weighted by Gasteiger charge is -2.19. The fourth-order valence-electron chi connectivity index (χ4n) is 2.08. The van der Waals surface area contributed by atoms with E-state index in [2.05, 4.69) is 12.2 Å².